The van der Waals surface area contributed by atoms with Crippen molar-refractivity contribution in [3.63, 3.8) is 0 Å². The predicted molar refractivity (Wildman–Crippen MR) is 68.0 cm³/mol. The lowest BCUT2D eigenvalue weighted by Crippen LogP contribution is -1.95. The van der Waals surface area contributed by atoms with Gasteiger partial charge in [-0.3, -0.25) is 4.79 Å². The summed E-state index contributed by atoms with van der Waals surface area (Å²) in [7, 11) is 0. The molecule has 0 atom stereocenters. The Morgan fingerprint density at radius 1 is 1.07 bits per heavy atom. The molecule has 1 N–H and O–H groups in total. The van der Waals surface area contributed by atoms with E-state index in [9.17, 15) is 4.79 Å². The molecular formula is C7H5Cl5O2S. The highest BCUT2D eigenvalue weighted by Crippen LogP contribution is 2.36. The summed E-state index contributed by atoms with van der Waals surface area (Å²) in [6, 6.07) is 0. The van der Waals surface area contributed by atoms with Gasteiger partial charge in [0, 0.05) is 5.75 Å². The Labute approximate surface area is 116 Å². The molecule has 2 nitrogen and oxygen atoms in total. The van der Waals surface area contributed by atoms with E-state index >= 15 is 0 Å². The molecule has 0 amide bonds. The van der Waals surface area contributed by atoms with E-state index < -0.39 is 5.97 Å². The van der Waals surface area contributed by atoms with E-state index in [0.29, 0.717) is 0 Å². The first-order valence-electron chi connectivity index (χ1n) is 3.47. The normalized spacial score (nSPS) is 12.1. The number of thioether (sulfide) groups is 1. The third-order valence-electron chi connectivity index (χ3n) is 1.08. The Kier molecular flexibility index (Phi) is 8.33. The number of halogens is 5. The van der Waals surface area contributed by atoms with E-state index in [0.717, 1.165) is 11.8 Å². The van der Waals surface area contributed by atoms with Gasteiger partial charge in [0.25, 0.3) is 0 Å². The lowest BCUT2D eigenvalue weighted by atomic mass is 10.5. The van der Waals surface area contributed by atoms with Crippen molar-refractivity contribution in [2.24, 2.45) is 0 Å². The Morgan fingerprint density at radius 2 is 1.60 bits per heavy atom. The maximum atomic E-state index is 10.2. The molecule has 0 aromatic rings. The van der Waals surface area contributed by atoms with E-state index in [1.807, 2.05) is 0 Å². The molecular weight excluding hydrogens is 325 g/mol. The summed E-state index contributed by atoms with van der Waals surface area (Å²) in [6.07, 6.45) is -0.0268. The maximum Gasteiger partial charge on any atom is 0.304 e. The van der Waals surface area contributed by atoms with E-state index in [4.69, 9.17) is 63.1 Å². The number of rotatable bonds is 5. The molecule has 0 aromatic heterocycles. The summed E-state index contributed by atoms with van der Waals surface area (Å²) in [5.74, 6) is -0.630. The third kappa shape index (κ3) is 6.82. The van der Waals surface area contributed by atoms with Gasteiger partial charge in [0.05, 0.1) is 20.8 Å². The molecule has 0 heterocycles. The Bertz CT molecular complexity index is 309. The van der Waals surface area contributed by atoms with Gasteiger partial charge in [-0.15, -0.1) is 11.8 Å². The highest BCUT2D eigenvalue weighted by molar-refractivity contribution is 8.04. The van der Waals surface area contributed by atoms with Gasteiger partial charge in [0.1, 0.15) is 4.49 Å². The standard InChI is InChI=1S/C7H5Cl5O2S/c8-4(6(10)11)5(9)7(12)15-2-1-3(13)14/h1-2H2,(H,13,14). The second kappa shape index (κ2) is 7.93. The predicted octanol–water partition coefficient (Wildman–Crippen LogP) is 4.73. The van der Waals surface area contributed by atoms with Crippen molar-refractivity contribution >= 4 is 75.7 Å². The van der Waals surface area contributed by atoms with Crippen LogP contribution in [0.2, 0.25) is 0 Å². The molecule has 0 spiro atoms. The van der Waals surface area contributed by atoms with E-state index in [1.54, 1.807) is 0 Å². The number of carboxylic acid groups (broad SMARTS) is 1. The van der Waals surface area contributed by atoms with Crippen LogP contribution in [0.3, 0.4) is 0 Å². The van der Waals surface area contributed by atoms with Crippen molar-refractivity contribution in [3.8, 4) is 0 Å². The average molecular weight is 330 g/mol. The number of hydrogen-bond donors (Lipinski definition) is 1. The minimum atomic E-state index is -0.917. The van der Waals surface area contributed by atoms with Crippen LogP contribution in [0, 0.1) is 0 Å². The summed E-state index contributed by atoms with van der Waals surface area (Å²) in [4.78, 5) is 10.2. The van der Waals surface area contributed by atoms with Crippen molar-refractivity contribution in [3.05, 3.63) is 18.9 Å². The summed E-state index contributed by atoms with van der Waals surface area (Å²) < 4.78 is -0.0413. The van der Waals surface area contributed by atoms with Crippen LogP contribution in [-0.4, -0.2) is 16.8 Å². The molecule has 0 aliphatic carbocycles. The Balaban J connectivity index is 4.40. The monoisotopic (exact) mass is 328 g/mol. The quantitative estimate of drug-likeness (QED) is 0.741. The lowest BCUT2D eigenvalue weighted by Gasteiger charge is -2.01. The first-order chi connectivity index (χ1) is 6.86. The summed E-state index contributed by atoms with van der Waals surface area (Å²) in [5, 5.41) is 8.33. The molecule has 0 saturated heterocycles. The van der Waals surface area contributed by atoms with E-state index in [1.165, 1.54) is 0 Å². The zero-order valence-corrected chi connectivity index (χ0v) is 11.7. The molecule has 0 rings (SSSR count). The van der Waals surface area contributed by atoms with Gasteiger partial charge in [0.15, 0.2) is 0 Å². The van der Waals surface area contributed by atoms with Crippen molar-refractivity contribution < 1.29 is 9.90 Å². The number of aliphatic carboxylic acids is 1. The van der Waals surface area contributed by atoms with Crippen LogP contribution in [-0.2, 0) is 4.79 Å². The number of carboxylic acids is 1. The largest absolute Gasteiger partial charge is 0.481 e. The van der Waals surface area contributed by atoms with Crippen molar-refractivity contribution in [2.75, 3.05) is 5.75 Å². The Hall–Kier alpha value is 0.750. The smallest absolute Gasteiger partial charge is 0.304 e. The zero-order valence-electron chi connectivity index (χ0n) is 7.07. The molecule has 15 heavy (non-hydrogen) atoms. The maximum absolute atomic E-state index is 10.2. The molecule has 0 radical (unpaired) electrons. The number of allylic oxidation sites excluding steroid dienone is 2. The van der Waals surface area contributed by atoms with Crippen LogP contribution in [0.15, 0.2) is 18.9 Å². The molecule has 8 heteroatoms. The molecule has 0 bridgehead atoms. The molecule has 0 aliphatic rings. The fraction of sp³-hybridized carbons (Fsp3) is 0.286. The summed E-state index contributed by atoms with van der Waals surface area (Å²) >= 11 is 28.9. The topological polar surface area (TPSA) is 37.3 Å². The highest BCUT2D eigenvalue weighted by Gasteiger charge is 2.10. The molecule has 86 valence electrons. The lowest BCUT2D eigenvalue weighted by molar-refractivity contribution is -0.136. The van der Waals surface area contributed by atoms with Crippen LogP contribution < -0.4 is 0 Å². The second-order valence-corrected chi connectivity index (χ2v) is 5.57. The SMILES string of the molecule is O=C(O)CCSC(Cl)=C(Cl)C(Cl)=C(Cl)Cl. The van der Waals surface area contributed by atoms with Crippen LogP contribution in [0.5, 0.6) is 0 Å². The van der Waals surface area contributed by atoms with Gasteiger partial charge in [0.2, 0.25) is 0 Å². The van der Waals surface area contributed by atoms with Crippen LogP contribution in [0.1, 0.15) is 6.42 Å². The van der Waals surface area contributed by atoms with Gasteiger partial charge in [-0.25, -0.2) is 0 Å². The fourth-order valence-electron chi connectivity index (χ4n) is 0.461. The van der Waals surface area contributed by atoms with Gasteiger partial charge in [-0.05, 0) is 0 Å². The average Bonchev–Trinajstić information content (AvgIpc) is 2.14. The van der Waals surface area contributed by atoms with E-state index in [2.05, 4.69) is 0 Å². The minimum Gasteiger partial charge on any atom is -0.481 e. The first-order valence-corrected chi connectivity index (χ1v) is 6.34. The molecule has 0 fully saturated rings. The van der Waals surface area contributed by atoms with Gasteiger partial charge in [-0.1, -0.05) is 58.0 Å². The minimum absolute atomic E-state index is 0.00808. The van der Waals surface area contributed by atoms with Crippen molar-refractivity contribution in [1.29, 1.82) is 0 Å². The van der Waals surface area contributed by atoms with Crippen molar-refractivity contribution in [2.45, 2.75) is 6.42 Å². The van der Waals surface area contributed by atoms with E-state index in [-0.39, 0.29) is 31.1 Å². The Morgan fingerprint density at radius 3 is 2.00 bits per heavy atom. The third-order valence-corrected chi connectivity index (χ3v) is 4.09. The number of hydrogen-bond acceptors (Lipinski definition) is 2. The summed E-state index contributed by atoms with van der Waals surface area (Å²) in [5.41, 5.74) is 0. The molecule has 0 unspecified atom stereocenters. The zero-order chi connectivity index (χ0) is 12.0. The van der Waals surface area contributed by atoms with Crippen LogP contribution in [0.25, 0.3) is 0 Å². The first kappa shape index (κ1) is 15.8. The van der Waals surface area contributed by atoms with Crippen molar-refractivity contribution in [1.82, 2.24) is 0 Å². The van der Waals surface area contributed by atoms with Gasteiger partial charge >= 0.3 is 5.97 Å². The van der Waals surface area contributed by atoms with Crippen LogP contribution >= 0.6 is 69.8 Å². The number of carbonyl (C=O) groups is 1. The molecule has 0 saturated carbocycles. The highest BCUT2D eigenvalue weighted by atomic mass is 35.5. The fourth-order valence-corrected chi connectivity index (χ4v) is 2.21. The summed E-state index contributed by atoms with van der Waals surface area (Å²) in [6.45, 7) is 0. The van der Waals surface area contributed by atoms with Crippen LogP contribution in [0.4, 0.5) is 0 Å². The van der Waals surface area contributed by atoms with Gasteiger partial charge in [-0.2, -0.15) is 0 Å². The second-order valence-electron chi connectivity index (χ2n) is 2.15. The van der Waals surface area contributed by atoms with Gasteiger partial charge < -0.3 is 5.11 Å². The molecule has 0 aromatic carbocycles. The molecule has 0 aliphatic heterocycles.